The first-order valence-corrected chi connectivity index (χ1v) is 14.6. The third-order valence-electron chi connectivity index (χ3n) is 6.19. The van der Waals surface area contributed by atoms with E-state index in [1.54, 1.807) is 41.4 Å². The van der Waals surface area contributed by atoms with Crippen LogP contribution in [-0.4, -0.2) is 47.1 Å². The molecule has 10 nitrogen and oxygen atoms in total. The Balaban J connectivity index is 1.42. The molecule has 0 fully saturated rings. The Kier molecular flexibility index (Phi) is 7.47. The molecule has 1 N–H and O–H groups in total. The number of para-hydroxylation sites is 3. The van der Waals surface area contributed by atoms with E-state index in [1.807, 2.05) is 71.1 Å². The summed E-state index contributed by atoms with van der Waals surface area (Å²) >= 11 is 0. The third-order valence-corrected chi connectivity index (χ3v) is 7.05. The molecule has 0 bridgehead atoms. The van der Waals surface area contributed by atoms with E-state index in [2.05, 4.69) is 15.3 Å². The molecule has 2 heterocycles. The Hall–Kier alpha value is -4.77. The largest absolute Gasteiger partial charge is 0.341 e. The number of rotatable bonds is 9. The molecule has 3 aromatic carbocycles. The molecule has 0 atom stereocenters. The zero-order chi connectivity index (χ0) is 28.3. The SMILES string of the molecule is CC(=O)N(c1ccccc1)c1nc2ccccc2n1CN(C)c1ccnc(Nc2ccc(CS(C)(=O)=O)cc2)n1. The lowest BCUT2D eigenvalue weighted by Crippen LogP contribution is -2.29. The number of nitrogens with zero attached hydrogens (tertiary/aromatic N) is 6. The van der Waals surface area contributed by atoms with Gasteiger partial charge < -0.3 is 10.2 Å². The highest BCUT2D eigenvalue weighted by molar-refractivity contribution is 7.89. The number of hydrogen-bond donors (Lipinski definition) is 1. The van der Waals surface area contributed by atoms with Gasteiger partial charge in [-0.25, -0.2) is 18.4 Å². The van der Waals surface area contributed by atoms with E-state index in [0.717, 1.165) is 22.4 Å². The van der Waals surface area contributed by atoms with E-state index in [-0.39, 0.29) is 11.7 Å². The summed E-state index contributed by atoms with van der Waals surface area (Å²) in [7, 11) is -1.20. The van der Waals surface area contributed by atoms with Crippen molar-refractivity contribution >= 4 is 55.9 Å². The number of carbonyl (C=O) groups is 1. The molecule has 0 saturated heterocycles. The minimum Gasteiger partial charge on any atom is -0.341 e. The number of fused-ring (bicyclic) bond motifs is 1. The van der Waals surface area contributed by atoms with Crippen molar-refractivity contribution in [2.75, 3.05) is 28.4 Å². The summed E-state index contributed by atoms with van der Waals surface area (Å²) in [5.74, 6) is 1.39. The third kappa shape index (κ3) is 6.10. The molecule has 0 spiro atoms. The van der Waals surface area contributed by atoms with Crippen LogP contribution in [0, 0.1) is 0 Å². The molecular formula is C29H29N7O3S. The fourth-order valence-corrected chi connectivity index (χ4v) is 5.21. The van der Waals surface area contributed by atoms with E-state index in [1.165, 1.54) is 13.2 Å². The second-order valence-corrected chi connectivity index (χ2v) is 11.6. The number of nitrogens with one attached hydrogen (secondary N) is 1. The van der Waals surface area contributed by atoms with Gasteiger partial charge in [0.2, 0.25) is 17.8 Å². The molecule has 2 aromatic heterocycles. The van der Waals surface area contributed by atoms with Crippen LogP contribution in [0.2, 0.25) is 0 Å². The topological polar surface area (TPSA) is 113 Å². The van der Waals surface area contributed by atoms with Crippen LogP contribution < -0.4 is 15.1 Å². The molecule has 0 aliphatic carbocycles. The zero-order valence-electron chi connectivity index (χ0n) is 22.4. The highest BCUT2D eigenvalue weighted by atomic mass is 32.2. The maximum Gasteiger partial charge on any atom is 0.230 e. The van der Waals surface area contributed by atoms with Crippen molar-refractivity contribution in [3.8, 4) is 0 Å². The number of sulfone groups is 1. The van der Waals surface area contributed by atoms with E-state index < -0.39 is 9.84 Å². The highest BCUT2D eigenvalue weighted by Gasteiger charge is 2.23. The van der Waals surface area contributed by atoms with Gasteiger partial charge in [0, 0.05) is 32.1 Å². The molecule has 1 amide bonds. The quantitative estimate of drug-likeness (QED) is 0.273. The Morgan fingerprint density at radius 2 is 1.62 bits per heavy atom. The molecule has 0 unspecified atom stereocenters. The van der Waals surface area contributed by atoms with Crippen molar-refractivity contribution in [3.05, 3.63) is 96.7 Å². The molecule has 0 aliphatic heterocycles. The fourth-order valence-electron chi connectivity index (χ4n) is 4.41. The lowest BCUT2D eigenvalue weighted by molar-refractivity contribution is -0.115. The molecule has 11 heteroatoms. The minimum absolute atomic E-state index is 0.0136. The summed E-state index contributed by atoms with van der Waals surface area (Å²) in [4.78, 5) is 30.2. The molecule has 5 rings (SSSR count). The average molecular weight is 556 g/mol. The predicted molar refractivity (Wildman–Crippen MR) is 158 cm³/mol. The number of hydrogen-bond acceptors (Lipinski definition) is 8. The van der Waals surface area contributed by atoms with Crippen LogP contribution in [0.5, 0.6) is 0 Å². The van der Waals surface area contributed by atoms with Gasteiger partial charge in [0.05, 0.1) is 29.1 Å². The van der Waals surface area contributed by atoms with Crippen LogP contribution in [0.3, 0.4) is 0 Å². The van der Waals surface area contributed by atoms with Gasteiger partial charge in [0.25, 0.3) is 0 Å². The van der Waals surface area contributed by atoms with Gasteiger partial charge in [-0.3, -0.25) is 14.3 Å². The first-order valence-electron chi connectivity index (χ1n) is 12.6. The number of imidazole rings is 1. The van der Waals surface area contributed by atoms with Crippen LogP contribution in [0.4, 0.5) is 29.1 Å². The standard InChI is InChI=1S/C29H29N7O3S/c1-21(37)36(24-9-5-4-6-10-24)29-32-25-11-7-8-12-26(25)35(29)20-34(2)27-17-18-30-28(33-27)31-23-15-13-22(14-16-23)19-40(3,38)39/h4-18H,19-20H2,1-3H3,(H,30,31,33). The smallest absolute Gasteiger partial charge is 0.230 e. The van der Waals surface area contributed by atoms with Crippen LogP contribution in [0.1, 0.15) is 12.5 Å². The second-order valence-electron chi connectivity index (χ2n) is 9.49. The number of amides is 1. The zero-order valence-corrected chi connectivity index (χ0v) is 23.2. The van der Waals surface area contributed by atoms with Crippen LogP contribution in [0.25, 0.3) is 11.0 Å². The summed E-state index contributed by atoms with van der Waals surface area (Å²) in [6.45, 7) is 1.89. The maximum atomic E-state index is 12.8. The number of aromatic nitrogens is 4. The highest BCUT2D eigenvalue weighted by Crippen LogP contribution is 2.30. The van der Waals surface area contributed by atoms with E-state index in [9.17, 15) is 13.2 Å². The van der Waals surface area contributed by atoms with Gasteiger partial charge >= 0.3 is 0 Å². The van der Waals surface area contributed by atoms with Crippen LogP contribution in [0.15, 0.2) is 91.1 Å². The van der Waals surface area contributed by atoms with E-state index >= 15 is 0 Å². The van der Waals surface area contributed by atoms with Crippen molar-refractivity contribution in [2.24, 2.45) is 0 Å². The normalized spacial score (nSPS) is 11.4. The number of anilines is 5. The first kappa shape index (κ1) is 26.8. The molecule has 40 heavy (non-hydrogen) atoms. The van der Waals surface area contributed by atoms with Crippen LogP contribution >= 0.6 is 0 Å². The Bertz CT molecular complexity index is 1750. The molecule has 0 radical (unpaired) electrons. The molecule has 0 aliphatic rings. The van der Waals surface area contributed by atoms with Gasteiger partial charge in [-0.1, -0.05) is 42.5 Å². The summed E-state index contributed by atoms with van der Waals surface area (Å²) in [5, 5.41) is 3.17. The van der Waals surface area contributed by atoms with Crippen molar-refractivity contribution < 1.29 is 13.2 Å². The summed E-state index contributed by atoms with van der Waals surface area (Å²) in [5.41, 5.74) is 3.83. The molecule has 0 saturated carbocycles. The summed E-state index contributed by atoms with van der Waals surface area (Å²) < 4.78 is 25.1. The van der Waals surface area contributed by atoms with Crippen molar-refractivity contribution in [3.63, 3.8) is 0 Å². The lowest BCUT2D eigenvalue weighted by atomic mass is 10.2. The molecule has 204 valence electrons. The van der Waals surface area contributed by atoms with Crippen molar-refractivity contribution in [1.29, 1.82) is 0 Å². The predicted octanol–water partition coefficient (Wildman–Crippen LogP) is 4.89. The average Bonchev–Trinajstić information content (AvgIpc) is 3.27. The fraction of sp³-hybridized carbons (Fsp3) is 0.172. The maximum absolute atomic E-state index is 12.8. The van der Waals surface area contributed by atoms with E-state index in [0.29, 0.717) is 29.9 Å². The van der Waals surface area contributed by atoms with Gasteiger partial charge in [0.15, 0.2) is 9.84 Å². The number of benzene rings is 3. The van der Waals surface area contributed by atoms with E-state index in [4.69, 9.17) is 4.98 Å². The summed E-state index contributed by atoms with van der Waals surface area (Å²) in [6, 6.07) is 26.1. The first-order chi connectivity index (χ1) is 19.2. The number of carbonyl (C=O) groups excluding carboxylic acids is 1. The Morgan fingerprint density at radius 1 is 0.925 bits per heavy atom. The lowest BCUT2D eigenvalue weighted by Gasteiger charge is -2.25. The van der Waals surface area contributed by atoms with Gasteiger partial charge in [-0.15, -0.1) is 0 Å². The molecule has 5 aromatic rings. The Morgan fingerprint density at radius 3 is 2.33 bits per heavy atom. The van der Waals surface area contributed by atoms with Gasteiger partial charge in [0.1, 0.15) is 5.82 Å². The monoisotopic (exact) mass is 555 g/mol. The van der Waals surface area contributed by atoms with Crippen molar-refractivity contribution in [2.45, 2.75) is 19.3 Å². The second kappa shape index (κ2) is 11.1. The van der Waals surface area contributed by atoms with Gasteiger partial charge in [-0.05, 0) is 48.0 Å². The Labute approximate surface area is 232 Å². The van der Waals surface area contributed by atoms with Crippen LogP contribution in [-0.2, 0) is 27.1 Å². The minimum atomic E-state index is -3.11. The van der Waals surface area contributed by atoms with Gasteiger partial charge in [-0.2, -0.15) is 4.98 Å². The summed E-state index contributed by atoms with van der Waals surface area (Å²) in [6.07, 6.45) is 2.88. The van der Waals surface area contributed by atoms with Crippen molar-refractivity contribution in [1.82, 2.24) is 19.5 Å². The molecular weight excluding hydrogens is 526 g/mol.